The van der Waals surface area contributed by atoms with Crippen LogP contribution in [0.25, 0.3) is 16.5 Å². The minimum Gasteiger partial charge on any atom is -0.461 e. The number of ether oxygens (including phenoxy) is 1. The van der Waals surface area contributed by atoms with Crippen molar-refractivity contribution in [2.75, 3.05) is 11.9 Å². The third-order valence-corrected chi connectivity index (χ3v) is 6.17. The molecular formula is C20H17N5O4S2. The third kappa shape index (κ3) is 3.84. The predicted molar refractivity (Wildman–Crippen MR) is 119 cm³/mol. The van der Waals surface area contributed by atoms with Gasteiger partial charge >= 0.3 is 5.97 Å². The maximum Gasteiger partial charge on any atom is 0.359 e. The molecule has 0 unspecified atom stereocenters. The number of nitrogens with zero attached hydrogens (tertiary/aromatic N) is 4. The van der Waals surface area contributed by atoms with Crippen LogP contribution < -0.4 is 10.9 Å². The molecular weight excluding hydrogens is 438 g/mol. The van der Waals surface area contributed by atoms with Crippen molar-refractivity contribution >= 4 is 50.5 Å². The van der Waals surface area contributed by atoms with E-state index in [4.69, 9.17) is 4.74 Å². The molecule has 0 aliphatic carbocycles. The van der Waals surface area contributed by atoms with E-state index in [0.717, 1.165) is 33.1 Å². The number of nitrogens with one attached hydrogen (secondary N) is 1. The number of hydrogen-bond acceptors (Lipinski definition) is 9. The molecule has 0 bridgehead atoms. The molecule has 1 aromatic carbocycles. The van der Waals surface area contributed by atoms with E-state index in [0.29, 0.717) is 26.6 Å². The number of anilines is 1. The summed E-state index contributed by atoms with van der Waals surface area (Å²) in [6.45, 7) is 5.42. The number of aromatic nitrogens is 4. The predicted octanol–water partition coefficient (Wildman–Crippen LogP) is 3.34. The molecule has 3 heterocycles. The van der Waals surface area contributed by atoms with Gasteiger partial charge in [0.2, 0.25) is 0 Å². The van der Waals surface area contributed by atoms with Crippen molar-refractivity contribution in [3.05, 3.63) is 61.8 Å². The quantitative estimate of drug-likeness (QED) is 0.459. The molecule has 0 spiro atoms. The van der Waals surface area contributed by atoms with Crippen LogP contribution in [0.1, 0.15) is 38.3 Å². The number of aryl methyl sites for hydroxylation is 2. The molecule has 11 heteroatoms. The molecule has 1 amide bonds. The van der Waals surface area contributed by atoms with E-state index < -0.39 is 17.4 Å². The number of carbonyl (C=O) groups excluding carboxylic acids is 2. The highest BCUT2D eigenvalue weighted by molar-refractivity contribution is 7.16. The Hall–Kier alpha value is -3.44. The number of thiophene rings is 1. The van der Waals surface area contributed by atoms with Crippen molar-refractivity contribution < 1.29 is 14.3 Å². The summed E-state index contributed by atoms with van der Waals surface area (Å²) in [7, 11) is 0. The minimum absolute atomic E-state index is 0.00495. The summed E-state index contributed by atoms with van der Waals surface area (Å²) in [5.74, 6) is -1.07. The number of carbonyl (C=O) groups is 2. The standard InChI is InChI=1S/C20H17N5O4S2/c1-4-29-20(28)15-13-9-30-18(21-17(26)16-11(3)22-24-31-16)14(13)19(27)25(23-15)12-7-5-6-10(2)8-12/h5-9H,4H2,1-3H3,(H,21,26). The summed E-state index contributed by atoms with van der Waals surface area (Å²) in [6.07, 6.45) is 0. The van der Waals surface area contributed by atoms with Gasteiger partial charge in [-0.2, -0.15) is 9.78 Å². The van der Waals surface area contributed by atoms with Gasteiger partial charge in [-0.1, -0.05) is 16.6 Å². The molecule has 0 atom stereocenters. The van der Waals surface area contributed by atoms with Crippen molar-refractivity contribution in [3.63, 3.8) is 0 Å². The Kier molecular flexibility index (Phi) is 5.61. The SMILES string of the molecule is CCOC(=O)c1nn(-c2cccc(C)c2)c(=O)c2c(NC(=O)c3snnc3C)scc12. The van der Waals surface area contributed by atoms with Gasteiger partial charge in [-0.3, -0.25) is 9.59 Å². The normalized spacial score (nSPS) is 10.9. The summed E-state index contributed by atoms with van der Waals surface area (Å²) in [4.78, 5) is 39.0. The summed E-state index contributed by atoms with van der Waals surface area (Å²) in [5, 5.41) is 13.3. The maximum atomic E-state index is 13.4. The van der Waals surface area contributed by atoms with E-state index >= 15 is 0 Å². The topological polar surface area (TPSA) is 116 Å². The molecule has 0 aliphatic heterocycles. The first-order valence-corrected chi connectivity index (χ1v) is 10.9. The maximum absolute atomic E-state index is 13.4. The van der Waals surface area contributed by atoms with Crippen molar-refractivity contribution in [1.82, 2.24) is 19.4 Å². The molecule has 31 heavy (non-hydrogen) atoms. The molecule has 1 N–H and O–H groups in total. The molecule has 0 saturated carbocycles. The Morgan fingerprint density at radius 1 is 1.26 bits per heavy atom. The molecule has 4 rings (SSSR count). The van der Waals surface area contributed by atoms with Crippen molar-refractivity contribution in [1.29, 1.82) is 0 Å². The summed E-state index contributed by atoms with van der Waals surface area (Å²) in [5.41, 5.74) is 1.48. The van der Waals surface area contributed by atoms with Crippen LogP contribution in [0.2, 0.25) is 0 Å². The van der Waals surface area contributed by atoms with Crippen LogP contribution in [0.5, 0.6) is 0 Å². The largest absolute Gasteiger partial charge is 0.461 e. The lowest BCUT2D eigenvalue weighted by Crippen LogP contribution is -2.25. The zero-order chi connectivity index (χ0) is 22.1. The first-order chi connectivity index (χ1) is 14.9. The molecule has 0 radical (unpaired) electrons. The van der Waals surface area contributed by atoms with Gasteiger partial charge in [0.05, 0.1) is 23.4 Å². The number of esters is 1. The Bertz CT molecular complexity index is 1370. The monoisotopic (exact) mass is 455 g/mol. The van der Waals surface area contributed by atoms with Crippen LogP contribution in [0.3, 0.4) is 0 Å². The molecule has 9 nitrogen and oxygen atoms in total. The lowest BCUT2D eigenvalue weighted by atomic mass is 10.2. The van der Waals surface area contributed by atoms with Gasteiger partial charge in [0, 0.05) is 10.8 Å². The van der Waals surface area contributed by atoms with E-state index in [-0.39, 0.29) is 17.7 Å². The highest BCUT2D eigenvalue weighted by Gasteiger charge is 2.24. The number of amides is 1. The molecule has 3 aromatic heterocycles. The third-order valence-electron chi connectivity index (χ3n) is 4.45. The molecule has 0 saturated heterocycles. The lowest BCUT2D eigenvalue weighted by Gasteiger charge is -2.10. The molecule has 158 valence electrons. The fraction of sp³-hybridized carbons (Fsp3) is 0.200. The van der Waals surface area contributed by atoms with Gasteiger partial charge in [0.25, 0.3) is 11.5 Å². The van der Waals surface area contributed by atoms with Crippen LogP contribution in [0.15, 0.2) is 34.4 Å². The zero-order valence-electron chi connectivity index (χ0n) is 16.8. The average molecular weight is 456 g/mol. The lowest BCUT2D eigenvalue weighted by molar-refractivity contribution is 0.0520. The fourth-order valence-electron chi connectivity index (χ4n) is 3.03. The van der Waals surface area contributed by atoms with E-state index in [9.17, 15) is 14.4 Å². The van der Waals surface area contributed by atoms with E-state index in [1.54, 1.807) is 37.4 Å². The number of hydrogen-bond donors (Lipinski definition) is 1. The smallest absolute Gasteiger partial charge is 0.359 e. The Labute approximate surface area is 184 Å². The van der Waals surface area contributed by atoms with Gasteiger partial charge in [0.1, 0.15) is 9.88 Å². The number of benzene rings is 1. The Balaban J connectivity index is 1.91. The highest BCUT2D eigenvalue weighted by Crippen LogP contribution is 2.31. The second-order valence-corrected chi connectivity index (χ2v) is 8.25. The van der Waals surface area contributed by atoms with Crippen LogP contribution in [0.4, 0.5) is 5.00 Å². The highest BCUT2D eigenvalue weighted by atomic mass is 32.1. The first kappa shape index (κ1) is 20.8. The van der Waals surface area contributed by atoms with Gasteiger partial charge in [-0.25, -0.2) is 4.79 Å². The summed E-state index contributed by atoms with van der Waals surface area (Å²) >= 11 is 2.10. The Morgan fingerprint density at radius 2 is 2.06 bits per heavy atom. The summed E-state index contributed by atoms with van der Waals surface area (Å²) in [6, 6.07) is 7.19. The number of rotatable bonds is 5. The van der Waals surface area contributed by atoms with Crippen LogP contribution in [-0.4, -0.2) is 37.9 Å². The minimum atomic E-state index is -0.646. The average Bonchev–Trinajstić information content (AvgIpc) is 3.35. The van der Waals surface area contributed by atoms with E-state index in [1.165, 1.54) is 0 Å². The van der Waals surface area contributed by atoms with Gasteiger partial charge in [-0.15, -0.1) is 16.4 Å². The Morgan fingerprint density at radius 3 is 2.74 bits per heavy atom. The van der Waals surface area contributed by atoms with Gasteiger partial charge < -0.3 is 10.1 Å². The van der Waals surface area contributed by atoms with Gasteiger partial charge in [0.15, 0.2) is 5.69 Å². The van der Waals surface area contributed by atoms with Crippen molar-refractivity contribution in [2.24, 2.45) is 0 Å². The van der Waals surface area contributed by atoms with Crippen LogP contribution >= 0.6 is 22.9 Å². The van der Waals surface area contributed by atoms with Crippen molar-refractivity contribution in [3.8, 4) is 5.69 Å². The fourth-order valence-corrected chi connectivity index (χ4v) is 4.51. The van der Waals surface area contributed by atoms with Crippen LogP contribution in [-0.2, 0) is 4.74 Å². The second-order valence-electron chi connectivity index (χ2n) is 6.62. The van der Waals surface area contributed by atoms with Crippen molar-refractivity contribution in [2.45, 2.75) is 20.8 Å². The van der Waals surface area contributed by atoms with Gasteiger partial charge in [-0.05, 0) is 50.0 Å². The number of fused-ring (bicyclic) bond motifs is 1. The van der Waals surface area contributed by atoms with E-state index in [1.807, 2.05) is 13.0 Å². The zero-order valence-corrected chi connectivity index (χ0v) is 18.5. The molecule has 4 aromatic rings. The van der Waals surface area contributed by atoms with E-state index in [2.05, 4.69) is 20.0 Å². The second kappa shape index (κ2) is 8.36. The van der Waals surface area contributed by atoms with Crippen LogP contribution in [0, 0.1) is 13.8 Å². The molecule has 0 aliphatic rings. The molecule has 0 fully saturated rings. The summed E-state index contributed by atoms with van der Waals surface area (Å²) < 4.78 is 10.1. The first-order valence-electron chi connectivity index (χ1n) is 9.29.